The summed E-state index contributed by atoms with van der Waals surface area (Å²) in [5, 5.41) is 19.5. The molecule has 0 bridgehead atoms. The van der Waals surface area contributed by atoms with Crippen molar-refractivity contribution < 1.29 is 19.1 Å². The molecule has 0 aliphatic carbocycles. The van der Waals surface area contributed by atoms with Crippen molar-refractivity contribution in [3.8, 4) is 5.95 Å². The van der Waals surface area contributed by atoms with Crippen molar-refractivity contribution in [3.63, 3.8) is 0 Å². The minimum Gasteiger partial charge on any atom is -0.733 e. The Hall–Kier alpha value is -2.61. The second-order valence-corrected chi connectivity index (χ2v) is 6.21. The van der Waals surface area contributed by atoms with Gasteiger partial charge in [-0.05, 0) is 37.1 Å². The van der Waals surface area contributed by atoms with E-state index in [4.69, 9.17) is 19.1 Å². The van der Waals surface area contributed by atoms with Crippen LogP contribution in [0.3, 0.4) is 0 Å². The monoisotopic (exact) mass is 358 g/mol. The summed E-state index contributed by atoms with van der Waals surface area (Å²) in [5.41, 5.74) is 2.95. The van der Waals surface area contributed by atoms with Crippen LogP contribution >= 0.6 is 0 Å². The molecule has 0 spiro atoms. The SMILES string of the molecule is COc1oc(C2CC(=Cc3ccc(N([O-])O)cc3)CO2)c(C)c(=O)c1C. The molecule has 1 aliphatic heterocycles. The molecule has 2 heterocycles. The zero-order chi connectivity index (χ0) is 18.8. The molecule has 3 rings (SSSR count). The van der Waals surface area contributed by atoms with Crippen molar-refractivity contribution >= 4 is 11.8 Å². The van der Waals surface area contributed by atoms with Crippen LogP contribution in [0.15, 0.2) is 39.1 Å². The summed E-state index contributed by atoms with van der Waals surface area (Å²) in [6.07, 6.45) is 2.19. The largest absolute Gasteiger partial charge is 0.733 e. The average Bonchev–Trinajstić information content (AvgIpc) is 3.08. The second kappa shape index (κ2) is 7.33. The van der Waals surface area contributed by atoms with Crippen molar-refractivity contribution in [1.29, 1.82) is 0 Å². The Morgan fingerprint density at radius 1 is 1.27 bits per heavy atom. The molecule has 1 atom stereocenters. The fourth-order valence-electron chi connectivity index (χ4n) is 3.01. The van der Waals surface area contributed by atoms with Gasteiger partial charge in [0, 0.05) is 12.0 Å². The van der Waals surface area contributed by atoms with Crippen LogP contribution in [-0.2, 0) is 4.74 Å². The molecule has 2 aromatic rings. The van der Waals surface area contributed by atoms with E-state index in [-0.39, 0.29) is 28.4 Å². The first kappa shape index (κ1) is 18.2. The van der Waals surface area contributed by atoms with Crippen molar-refractivity contribution in [2.75, 3.05) is 18.9 Å². The summed E-state index contributed by atoms with van der Waals surface area (Å²) < 4.78 is 16.7. The second-order valence-electron chi connectivity index (χ2n) is 6.21. The average molecular weight is 358 g/mol. The first-order valence-electron chi connectivity index (χ1n) is 8.16. The molecule has 1 saturated heterocycles. The van der Waals surface area contributed by atoms with E-state index in [1.807, 2.05) is 6.08 Å². The summed E-state index contributed by atoms with van der Waals surface area (Å²) in [7, 11) is 1.46. The van der Waals surface area contributed by atoms with E-state index in [1.54, 1.807) is 26.0 Å². The zero-order valence-corrected chi connectivity index (χ0v) is 14.8. The van der Waals surface area contributed by atoms with Crippen LogP contribution in [0.4, 0.5) is 5.69 Å². The van der Waals surface area contributed by atoms with Gasteiger partial charge in [-0.1, -0.05) is 18.2 Å². The van der Waals surface area contributed by atoms with E-state index in [9.17, 15) is 10.0 Å². The Kier molecular flexibility index (Phi) is 5.13. The number of ether oxygens (including phenoxy) is 2. The molecule has 1 N–H and O–H groups in total. The third kappa shape index (κ3) is 3.50. The lowest BCUT2D eigenvalue weighted by Crippen LogP contribution is -2.15. The van der Waals surface area contributed by atoms with Gasteiger partial charge in [0.05, 0.1) is 25.0 Å². The molecule has 1 fully saturated rings. The number of methoxy groups -OCH3 is 1. The third-order valence-electron chi connectivity index (χ3n) is 4.44. The van der Waals surface area contributed by atoms with Crippen molar-refractivity contribution in [2.24, 2.45) is 0 Å². The first-order valence-corrected chi connectivity index (χ1v) is 8.16. The van der Waals surface area contributed by atoms with Gasteiger partial charge in [-0.25, -0.2) is 0 Å². The van der Waals surface area contributed by atoms with Gasteiger partial charge in [0.15, 0.2) is 5.43 Å². The standard InChI is InChI=1S/C19H20NO6/c1-11-17(21)12(2)19(24-3)26-18(11)16-9-14(10-25-16)8-13-4-6-15(7-5-13)20(22)23/h4-8,16,22H,9-10H2,1-3H3/q-1. The fourth-order valence-corrected chi connectivity index (χ4v) is 3.01. The maximum Gasteiger partial charge on any atom is 0.291 e. The topological polar surface area (TPSA) is 95.2 Å². The number of anilines is 1. The fraction of sp³-hybridized carbons (Fsp3) is 0.316. The third-order valence-corrected chi connectivity index (χ3v) is 4.44. The lowest BCUT2D eigenvalue weighted by atomic mass is 10.0. The van der Waals surface area contributed by atoms with Crippen molar-refractivity contribution in [3.05, 3.63) is 67.7 Å². The highest BCUT2D eigenvalue weighted by atomic mass is 16.8. The Balaban J connectivity index is 1.82. The molecular formula is C19H20NO6-. The van der Waals surface area contributed by atoms with E-state index in [2.05, 4.69) is 0 Å². The lowest BCUT2D eigenvalue weighted by Gasteiger charge is -2.21. The quantitative estimate of drug-likeness (QED) is 0.836. The van der Waals surface area contributed by atoms with Gasteiger partial charge in [0.1, 0.15) is 11.9 Å². The Morgan fingerprint density at radius 2 is 1.96 bits per heavy atom. The van der Waals surface area contributed by atoms with Crippen LogP contribution in [0.1, 0.15) is 35.0 Å². The molecule has 138 valence electrons. The van der Waals surface area contributed by atoms with Crippen LogP contribution in [0.5, 0.6) is 5.95 Å². The number of benzene rings is 1. The molecule has 1 aromatic carbocycles. The van der Waals surface area contributed by atoms with E-state index in [0.29, 0.717) is 29.9 Å². The van der Waals surface area contributed by atoms with Gasteiger partial charge in [0.2, 0.25) is 0 Å². The van der Waals surface area contributed by atoms with Gasteiger partial charge in [-0.15, -0.1) is 0 Å². The maximum absolute atomic E-state index is 12.3. The highest BCUT2D eigenvalue weighted by Crippen LogP contribution is 2.36. The molecule has 26 heavy (non-hydrogen) atoms. The highest BCUT2D eigenvalue weighted by molar-refractivity contribution is 5.58. The molecule has 7 nitrogen and oxygen atoms in total. The Labute approximate surface area is 150 Å². The highest BCUT2D eigenvalue weighted by Gasteiger charge is 2.28. The summed E-state index contributed by atoms with van der Waals surface area (Å²) in [5.74, 6) is 0.692. The minimum atomic E-state index is -0.350. The molecule has 1 aromatic heterocycles. The predicted molar refractivity (Wildman–Crippen MR) is 96.4 cm³/mol. The predicted octanol–water partition coefficient (Wildman–Crippen LogP) is 3.50. The molecule has 0 saturated carbocycles. The van der Waals surface area contributed by atoms with E-state index < -0.39 is 0 Å². The minimum absolute atomic E-state index is 0.106. The Morgan fingerprint density at radius 3 is 2.58 bits per heavy atom. The van der Waals surface area contributed by atoms with Gasteiger partial charge in [0.25, 0.3) is 5.95 Å². The van der Waals surface area contributed by atoms with Crippen molar-refractivity contribution in [1.82, 2.24) is 0 Å². The summed E-state index contributed by atoms with van der Waals surface area (Å²) in [6.45, 7) is 3.81. The molecule has 7 heteroatoms. The van der Waals surface area contributed by atoms with Gasteiger partial charge >= 0.3 is 0 Å². The molecule has 1 unspecified atom stereocenters. The number of rotatable bonds is 4. The van der Waals surface area contributed by atoms with Gasteiger partial charge < -0.3 is 24.3 Å². The van der Waals surface area contributed by atoms with Crippen LogP contribution in [0, 0.1) is 19.1 Å². The maximum atomic E-state index is 12.3. The van der Waals surface area contributed by atoms with Crippen LogP contribution < -0.4 is 15.4 Å². The Bertz CT molecular complexity index is 882. The smallest absolute Gasteiger partial charge is 0.291 e. The summed E-state index contributed by atoms with van der Waals surface area (Å²) >= 11 is 0. The lowest BCUT2D eigenvalue weighted by molar-refractivity contribution is 0.0880. The van der Waals surface area contributed by atoms with Crippen LogP contribution in [0.25, 0.3) is 6.08 Å². The number of nitrogens with zero attached hydrogens (tertiary/aromatic N) is 1. The zero-order valence-electron chi connectivity index (χ0n) is 14.8. The number of hydrogen-bond acceptors (Lipinski definition) is 7. The molecule has 1 aliphatic rings. The molecular weight excluding hydrogens is 338 g/mol. The van der Waals surface area contributed by atoms with E-state index in [0.717, 1.165) is 11.1 Å². The van der Waals surface area contributed by atoms with Crippen LogP contribution in [0.2, 0.25) is 0 Å². The van der Waals surface area contributed by atoms with E-state index >= 15 is 0 Å². The summed E-state index contributed by atoms with van der Waals surface area (Å²) in [4.78, 5) is 12.3. The van der Waals surface area contributed by atoms with Crippen LogP contribution in [-0.4, -0.2) is 18.9 Å². The van der Waals surface area contributed by atoms with E-state index in [1.165, 1.54) is 19.2 Å². The first-order chi connectivity index (χ1) is 12.4. The normalized spacial score (nSPS) is 18.3. The molecule has 0 radical (unpaired) electrons. The number of hydrogen-bond donors (Lipinski definition) is 1. The van der Waals surface area contributed by atoms with Gasteiger partial charge in [-0.3, -0.25) is 10.0 Å². The van der Waals surface area contributed by atoms with Gasteiger partial charge in [-0.2, -0.15) is 0 Å². The summed E-state index contributed by atoms with van der Waals surface area (Å²) in [6, 6.07) is 6.52. The molecule has 0 amide bonds. The van der Waals surface area contributed by atoms with Crippen molar-refractivity contribution in [2.45, 2.75) is 26.4 Å².